The van der Waals surface area contributed by atoms with Gasteiger partial charge in [0.25, 0.3) is 0 Å². The van der Waals surface area contributed by atoms with Crippen molar-refractivity contribution in [1.82, 2.24) is 28.7 Å². The van der Waals surface area contributed by atoms with E-state index in [4.69, 9.17) is 19.9 Å². The van der Waals surface area contributed by atoms with Crippen LogP contribution in [0.2, 0.25) is 0 Å². The Kier molecular flexibility index (Phi) is 6.54. The normalized spacial score (nSPS) is 11.4. The summed E-state index contributed by atoms with van der Waals surface area (Å²) in [5.41, 5.74) is 9.72. The third-order valence-corrected chi connectivity index (χ3v) is 8.94. The zero-order chi connectivity index (χ0) is 31.2. The van der Waals surface area contributed by atoms with Crippen molar-refractivity contribution in [3.8, 4) is 56.5 Å². The molecule has 0 saturated heterocycles. The lowest BCUT2D eigenvalue weighted by Gasteiger charge is -2.12. The molecule has 0 fully saturated rings. The van der Waals surface area contributed by atoms with Crippen LogP contribution in [0, 0.1) is 0 Å². The number of pyridine rings is 1. The Hall–Kier alpha value is -6.18. The molecule has 0 bridgehead atoms. The number of rotatable bonds is 5. The third-order valence-electron chi connectivity index (χ3n) is 8.40. The van der Waals surface area contributed by atoms with E-state index in [9.17, 15) is 0 Å². The second kappa shape index (κ2) is 11.3. The fourth-order valence-corrected chi connectivity index (χ4v) is 6.64. The average Bonchev–Trinajstić information content (AvgIpc) is 3.65. The largest absolute Gasteiger partial charge is 0.247 e. The molecule has 9 aromatic rings. The van der Waals surface area contributed by atoms with Crippen molar-refractivity contribution < 1.29 is 0 Å². The molecular weight excluding hydrogens is 597 g/mol. The van der Waals surface area contributed by atoms with Gasteiger partial charge in [-0.05, 0) is 35.4 Å². The second-order valence-corrected chi connectivity index (χ2v) is 11.8. The fourth-order valence-electron chi connectivity index (χ4n) is 6.10. The number of aromatic nitrogens is 6. The lowest BCUT2D eigenvalue weighted by molar-refractivity contribution is 1.07. The van der Waals surface area contributed by atoms with Gasteiger partial charge in [-0.1, -0.05) is 121 Å². The van der Waals surface area contributed by atoms with E-state index >= 15 is 0 Å². The lowest BCUT2D eigenvalue weighted by Crippen LogP contribution is -2.00. The molecule has 0 aliphatic carbocycles. The van der Waals surface area contributed by atoms with Crippen LogP contribution in [0.15, 0.2) is 146 Å². The maximum Gasteiger partial charge on any atom is 0.164 e. The quantitative estimate of drug-likeness (QED) is 0.178. The zero-order valence-corrected chi connectivity index (χ0v) is 25.8. The Morgan fingerprint density at radius 3 is 1.68 bits per heavy atom. The van der Waals surface area contributed by atoms with E-state index < -0.39 is 0 Å². The highest BCUT2D eigenvalue weighted by atomic mass is 32.1. The van der Waals surface area contributed by atoms with Gasteiger partial charge in [-0.2, -0.15) is 8.75 Å². The highest BCUT2D eigenvalue weighted by molar-refractivity contribution is 7.00. The first-order chi connectivity index (χ1) is 23.3. The molecule has 0 amide bonds. The molecule has 0 N–H and O–H groups in total. The summed E-state index contributed by atoms with van der Waals surface area (Å²) in [5, 5.41) is 3.25. The molecule has 3 heterocycles. The molecule has 6 aromatic carbocycles. The van der Waals surface area contributed by atoms with Gasteiger partial charge in [0, 0.05) is 38.4 Å². The van der Waals surface area contributed by atoms with Gasteiger partial charge in [0.05, 0.1) is 22.9 Å². The van der Waals surface area contributed by atoms with Crippen molar-refractivity contribution in [1.29, 1.82) is 0 Å². The van der Waals surface area contributed by atoms with E-state index in [2.05, 4.69) is 75.5 Å². The summed E-state index contributed by atoms with van der Waals surface area (Å²) in [6, 6.07) is 49.4. The van der Waals surface area contributed by atoms with Crippen molar-refractivity contribution >= 4 is 44.4 Å². The number of hydrogen-bond acceptors (Lipinski definition) is 7. The Morgan fingerprint density at radius 1 is 0.362 bits per heavy atom. The van der Waals surface area contributed by atoms with Crippen LogP contribution in [0.3, 0.4) is 0 Å². The number of hydrogen-bond donors (Lipinski definition) is 0. The molecule has 3 aromatic heterocycles. The van der Waals surface area contributed by atoms with Gasteiger partial charge in [-0.15, -0.1) is 0 Å². The van der Waals surface area contributed by atoms with Gasteiger partial charge >= 0.3 is 0 Å². The van der Waals surface area contributed by atoms with Crippen molar-refractivity contribution in [2.45, 2.75) is 0 Å². The van der Waals surface area contributed by atoms with Crippen molar-refractivity contribution in [2.24, 2.45) is 0 Å². The summed E-state index contributed by atoms with van der Waals surface area (Å²) < 4.78 is 9.14. The van der Waals surface area contributed by atoms with Crippen molar-refractivity contribution in [3.63, 3.8) is 0 Å². The van der Waals surface area contributed by atoms with Crippen LogP contribution in [0.5, 0.6) is 0 Å². The Balaban J connectivity index is 1.12. The number of nitrogens with zero attached hydrogens (tertiary/aromatic N) is 6. The highest BCUT2D eigenvalue weighted by Crippen LogP contribution is 2.37. The van der Waals surface area contributed by atoms with Gasteiger partial charge in [-0.3, -0.25) is 0 Å². The van der Waals surface area contributed by atoms with Crippen LogP contribution >= 0.6 is 11.7 Å². The first kappa shape index (κ1) is 27.2. The number of para-hydroxylation sites is 1. The Labute approximate surface area is 274 Å². The summed E-state index contributed by atoms with van der Waals surface area (Å²) in [5.74, 6) is 1.92. The molecule has 9 rings (SSSR count). The summed E-state index contributed by atoms with van der Waals surface area (Å²) >= 11 is 1.24. The summed E-state index contributed by atoms with van der Waals surface area (Å²) in [4.78, 5) is 19.8. The topological polar surface area (TPSA) is 77.3 Å². The number of benzene rings is 6. The molecule has 0 aliphatic heterocycles. The minimum absolute atomic E-state index is 0.630. The van der Waals surface area contributed by atoms with E-state index in [1.807, 2.05) is 78.9 Å². The molecule has 0 unspecified atom stereocenters. The van der Waals surface area contributed by atoms with Gasteiger partial charge in [0.15, 0.2) is 17.5 Å². The van der Waals surface area contributed by atoms with Gasteiger partial charge in [0.2, 0.25) is 0 Å². The molecule has 6 nitrogen and oxygen atoms in total. The minimum atomic E-state index is 0.630. The van der Waals surface area contributed by atoms with Crippen LogP contribution in [0.4, 0.5) is 0 Å². The second-order valence-electron chi connectivity index (χ2n) is 11.3. The van der Waals surface area contributed by atoms with E-state index in [1.54, 1.807) is 0 Å². The van der Waals surface area contributed by atoms with Gasteiger partial charge in [0.1, 0.15) is 11.0 Å². The van der Waals surface area contributed by atoms with Crippen molar-refractivity contribution in [3.05, 3.63) is 146 Å². The molecule has 0 saturated carbocycles. The van der Waals surface area contributed by atoms with Crippen LogP contribution in [-0.4, -0.2) is 28.7 Å². The molecule has 47 heavy (non-hydrogen) atoms. The van der Waals surface area contributed by atoms with Gasteiger partial charge in [-0.25, -0.2) is 19.9 Å². The summed E-state index contributed by atoms with van der Waals surface area (Å²) in [6.07, 6.45) is 0. The molecule has 0 aliphatic rings. The molecule has 220 valence electrons. The van der Waals surface area contributed by atoms with Crippen molar-refractivity contribution in [2.75, 3.05) is 0 Å². The predicted molar refractivity (Wildman–Crippen MR) is 191 cm³/mol. The van der Waals surface area contributed by atoms with E-state index in [1.165, 1.54) is 11.7 Å². The third kappa shape index (κ3) is 4.90. The van der Waals surface area contributed by atoms with Gasteiger partial charge < -0.3 is 0 Å². The van der Waals surface area contributed by atoms with Crippen LogP contribution in [0.1, 0.15) is 0 Å². The summed E-state index contributed by atoms with van der Waals surface area (Å²) in [6.45, 7) is 0. The smallest absolute Gasteiger partial charge is 0.164 e. The summed E-state index contributed by atoms with van der Waals surface area (Å²) in [7, 11) is 0. The Bertz CT molecular complexity index is 2510. The van der Waals surface area contributed by atoms with E-state index in [0.29, 0.717) is 17.5 Å². The van der Waals surface area contributed by atoms with Crippen LogP contribution < -0.4 is 0 Å². The molecule has 0 radical (unpaired) electrons. The van der Waals surface area contributed by atoms with Crippen LogP contribution in [-0.2, 0) is 0 Å². The van der Waals surface area contributed by atoms with E-state index in [0.717, 1.165) is 71.8 Å². The SMILES string of the molecule is c1ccc(-c2nc(-c3ccccc3)nc(-c3cccc(-c4ccc(-c5nc6ccccc6c6c5ccc5nsnc56)cc4)c3)n2)cc1. The first-order valence-electron chi connectivity index (χ1n) is 15.3. The monoisotopic (exact) mass is 620 g/mol. The molecule has 7 heteroatoms. The predicted octanol–water partition coefficient (Wildman–Crippen LogP) is 9.91. The molecular formula is C40H24N6S. The first-order valence-corrected chi connectivity index (χ1v) is 16.0. The standard InChI is InChI=1S/C40H24N6S/c1-3-10-27(11-4-1)38-42-39(28-12-5-2-6-13-28)44-40(43-38)30-15-9-14-29(24-30)25-18-20-26(21-19-25)36-32-22-23-34-37(46-47-45-34)35(32)31-16-7-8-17-33(31)41-36/h1-24H. The molecule has 0 spiro atoms. The Morgan fingerprint density at radius 2 is 0.957 bits per heavy atom. The minimum Gasteiger partial charge on any atom is -0.247 e. The fraction of sp³-hybridized carbons (Fsp3) is 0. The number of fused-ring (bicyclic) bond motifs is 5. The lowest BCUT2D eigenvalue weighted by atomic mass is 9.97. The average molecular weight is 621 g/mol. The maximum absolute atomic E-state index is 5.12. The maximum atomic E-state index is 5.12. The highest BCUT2D eigenvalue weighted by Gasteiger charge is 2.16. The van der Waals surface area contributed by atoms with E-state index in [-0.39, 0.29) is 0 Å². The molecule has 0 atom stereocenters. The zero-order valence-electron chi connectivity index (χ0n) is 24.9. The van der Waals surface area contributed by atoms with Crippen LogP contribution in [0.25, 0.3) is 89.3 Å².